The third-order valence-corrected chi connectivity index (χ3v) is 4.37. The van der Waals surface area contributed by atoms with E-state index >= 15 is 0 Å². The van der Waals surface area contributed by atoms with Gasteiger partial charge in [-0.1, -0.05) is 22.9 Å². The molecule has 0 atom stereocenters. The first-order chi connectivity index (χ1) is 11.5. The number of hydrogen-bond donors (Lipinski definition) is 1. The number of thiazole rings is 1. The SMILES string of the molecule is COc1cc([N+](=O)[O-])cc2sc(NC(=O)c3ccc(Cl)cc3)nc12. The first-order valence-electron chi connectivity index (χ1n) is 6.68. The summed E-state index contributed by atoms with van der Waals surface area (Å²) in [7, 11) is 1.41. The maximum atomic E-state index is 12.2. The molecule has 3 aromatic rings. The van der Waals surface area contributed by atoms with Crippen LogP contribution in [0.15, 0.2) is 36.4 Å². The van der Waals surface area contributed by atoms with Gasteiger partial charge in [-0.2, -0.15) is 0 Å². The van der Waals surface area contributed by atoms with E-state index in [2.05, 4.69) is 10.3 Å². The normalized spacial score (nSPS) is 10.6. The van der Waals surface area contributed by atoms with Crippen molar-refractivity contribution in [1.82, 2.24) is 4.98 Å². The molecule has 0 aliphatic carbocycles. The van der Waals surface area contributed by atoms with Crippen LogP contribution in [0.1, 0.15) is 10.4 Å². The molecule has 9 heteroatoms. The summed E-state index contributed by atoms with van der Waals surface area (Å²) in [6.45, 7) is 0. The highest BCUT2D eigenvalue weighted by atomic mass is 35.5. The molecule has 0 aliphatic rings. The molecule has 1 heterocycles. The van der Waals surface area contributed by atoms with Crippen LogP contribution in [0.4, 0.5) is 10.8 Å². The van der Waals surface area contributed by atoms with Gasteiger partial charge in [0.1, 0.15) is 5.52 Å². The van der Waals surface area contributed by atoms with Crippen LogP contribution in [-0.2, 0) is 0 Å². The number of hydrogen-bond acceptors (Lipinski definition) is 6. The van der Waals surface area contributed by atoms with E-state index in [1.54, 1.807) is 24.3 Å². The van der Waals surface area contributed by atoms with Crippen molar-refractivity contribution in [3.05, 3.63) is 57.1 Å². The second kappa shape index (κ2) is 6.42. The summed E-state index contributed by atoms with van der Waals surface area (Å²) in [6.07, 6.45) is 0. The first kappa shape index (κ1) is 16.2. The predicted octanol–water partition coefficient (Wildman–Crippen LogP) is 4.12. The number of benzene rings is 2. The van der Waals surface area contributed by atoms with E-state index < -0.39 is 4.92 Å². The van der Waals surface area contributed by atoms with Crippen molar-refractivity contribution in [3.8, 4) is 5.75 Å². The van der Waals surface area contributed by atoms with E-state index in [0.29, 0.717) is 25.9 Å². The number of ether oxygens (including phenoxy) is 1. The topological polar surface area (TPSA) is 94.4 Å². The Morgan fingerprint density at radius 3 is 2.67 bits per heavy atom. The lowest BCUT2D eigenvalue weighted by Gasteiger charge is -2.01. The quantitative estimate of drug-likeness (QED) is 0.555. The molecule has 0 unspecified atom stereocenters. The maximum absolute atomic E-state index is 12.2. The van der Waals surface area contributed by atoms with Crippen LogP contribution in [0, 0.1) is 10.1 Å². The van der Waals surface area contributed by atoms with Crippen LogP contribution in [0.25, 0.3) is 10.2 Å². The largest absolute Gasteiger partial charge is 0.494 e. The number of non-ortho nitro benzene ring substituents is 1. The van der Waals surface area contributed by atoms with Gasteiger partial charge in [0, 0.05) is 16.7 Å². The van der Waals surface area contributed by atoms with Gasteiger partial charge in [-0.3, -0.25) is 20.2 Å². The van der Waals surface area contributed by atoms with Crippen LogP contribution in [-0.4, -0.2) is 22.9 Å². The van der Waals surface area contributed by atoms with Crippen LogP contribution < -0.4 is 10.1 Å². The van der Waals surface area contributed by atoms with Crippen molar-refractivity contribution >= 4 is 49.9 Å². The number of nitrogens with one attached hydrogen (secondary N) is 1. The van der Waals surface area contributed by atoms with Crippen LogP contribution in [0.5, 0.6) is 5.75 Å². The third-order valence-electron chi connectivity index (χ3n) is 3.20. The van der Waals surface area contributed by atoms with Crippen LogP contribution in [0.3, 0.4) is 0 Å². The highest BCUT2D eigenvalue weighted by Gasteiger charge is 2.17. The molecule has 0 fully saturated rings. The van der Waals surface area contributed by atoms with Gasteiger partial charge in [0.15, 0.2) is 10.9 Å². The van der Waals surface area contributed by atoms with Crippen LogP contribution >= 0.6 is 22.9 Å². The van der Waals surface area contributed by atoms with E-state index in [-0.39, 0.29) is 17.3 Å². The summed E-state index contributed by atoms with van der Waals surface area (Å²) in [4.78, 5) is 26.9. The zero-order chi connectivity index (χ0) is 17.3. The second-order valence-corrected chi connectivity index (χ2v) is 6.20. The fourth-order valence-electron chi connectivity index (χ4n) is 2.07. The smallest absolute Gasteiger partial charge is 0.274 e. The Labute approximate surface area is 145 Å². The number of nitro groups is 1. The lowest BCUT2D eigenvalue weighted by Crippen LogP contribution is -2.11. The molecule has 1 amide bonds. The fraction of sp³-hybridized carbons (Fsp3) is 0.0667. The minimum atomic E-state index is -0.506. The number of nitrogens with zero attached hydrogens (tertiary/aromatic N) is 2. The Balaban J connectivity index is 1.94. The Kier molecular flexibility index (Phi) is 4.32. The van der Waals surface area contributed by atoms with Gasteiger partial charge in [0.2, 0.25) is 0 Å². The van der Waals surface area contributed by atoms with E-state index in [0.717, 1.165) is 11.3 Å². The number of halogens is 1. The molecular formula is C15H10ClN3O4S. The number of aromatic nitrogens is 1. The molecule has 0 saturated heterocycles. The molecule has 0 saturated carbocycles. The summed E-state index contributed by atoms with van der Waals surface area (Å²) in [6, 6.07) is 9.11. The molecule has 0 aliphatic heterocycles. The lowest BCUT2D eigenvalue weighted by atomic mass is 10.2. The van der Waals surface area contributed by atoms with Gasteiger partial charge in [0.25, 0.3) is 11.6 Å². The molecule has 3 rings (SSSR count). The van der Waals surface area contributed by atoms with E-state index in [1.807, 2.05) is 0 Å². The summed E-state index contributed by atoms with van der Waals surface area (Å²) in [5.41, 5.74) is 0.787. The number of carbonyl (C=O) groups excluding carboxylic acids is 1. The summed E-state index contributed by atoms with van der Waals surface area (Å²) in [5, 5.41) is 14.5. The molecule has 122 valence electrons. The average molecular weight is 364 g/mol. The number of amides is 1. The summed E-state index contributed by atoms with van der Waals surface area (Å²) < 4.78 is 5.70. The van der Waals surface area contributed by atoms with Crippen molar-refractivity contribution < 1.29 is 14.5 Å². The van der Waals surface area contributed by atoms with Crippen LogP contribution in [0.2, 0.25) is 5.02 Å². The van der Waals surface area contributed by atoms with Crippen molar-refractivity contribution in [2.75, 3.05) is 12.4 Å². The van der Waals surface area contributed by atoms with Gasteiger partial charge in [0.05, 0.1) is 22.8 Å². The Morgan fingerprint density at radius 1 is 1.33 bits per heavy atom. The van der Waals surface area contributed by atoms with Crippen molar-refractivity contribution in [1.29, 1.82) is 0 Å². The molecular weight excluding hydrogens is 354 g/mol. The monoisotopic (exact) mass is 363 g/mol. The predicted molar refractivity (Wildman–Crippen MR) is 92.2 cm³/mol. The Bertz CT molecular complexity index is 940. The van der Waals surface area contributed by atoms with Crippen molar-refractivity contribution in [2.24, 2.45) is 0 Å². The molecule has 2 aromatic carbocycles. The number of anilines is 1. The lowest BCUT2D eigenvalue weighted by molar-refractivity contribution is -0.384. The highest BCUT2D eigenvalue weighted by Crippen LogP contribution is 2.36. The molecule has 7 nitrogen and oxygen atoms in total. The van der Waals surface area contributed by atoms with Crippen molar-refractivity contribution in [3.63, 3.8) is 0 Å². The average Bonchev–Trinajstić information content (AvgIpc) is 2.96. The zero-order valence-electron chi connectivity index (χ0n) is 12.3. The molecule has 0 radical (unpaired) electrons. The molecule has 0 spiro atoms. The van der Waals surface area contributed by atoms with Crippen molar-refractivity contribution in [2.45, 2.75) is 0 Å². The third kappa shape index (κ3) is 3.15. The fourth-order valence-corrected chi connectivity index (χ4v) is 3.11. The molecule has 1 N–H and O–H groups in total. The number of nitro benzene ring substituents is 1. The minimum Gasteiger partial charge on any atom is -0.494 e. The zero-order valence-corrected chi connectivity index (χ0v) is 13.9. The second-order valence-electron chi connectivity index (χ2n) is 4.73. The van der Waals surface area contributed by atoms with Gasteiger partial charge in [-0.15, -0.1) is 0 Å². The maximum Gasteiger partial charge on any atom is 0.274 e. The first-order valence-corrected chi connectivity index (χ1v) is 7.87. The number of carbonyl (C=O) groups is 1. The Hall–Kier alpha value is -2.71. The van der Waals surface area contributed by atoms with Gasteiger partial charge >= 0.3 is 0 Å². The summed E-state index contributed by atoms with van der Waals surface area (Å²) in [5.74, 6) is -0.0679. The molecule has 0 bridgehead atoms. The summed E-state index contributed by atoms with van der Waals surface area (Å²) >= 11 is 6.92. The van der Waals surface area contributed by atoms with Gasteiger partial charge in [-0.25, -0.2) is 4.98 Å². The minimum absolute atomic E-state index is 0.0985. The highest BCUT2D eigenvalue weighted by molar-refractivity contribution is 7.22. The standard InChI is InChI=1S/C15H10ClN3O4S/c1-23-11-6-10(19(21)22)7-12-13(11)17-15(24-12)18-14(20)8-2-4-9(16)5-3-8/h2-7H,1H3,(H,17,18,20). The van der Waals surface area contributed by atoms with E-state index in [9.17, 15) is 14.9 Å². The van der Waals surface area contributed by atoms with Gasteiger partial charge in [-0.05, 0) is 24.3 Å². The number of rotatable bonds is 4. The van der Waals surface area contributed by atoms with E-state index in [1.165, 1.54) is 19.2 Å². The number of fused-ring (bicyclic) bond motifs is 1. The Morgan fingerprint density at radius 2 is 2.04 bits per heavy atom. The molecule has 24 heavy (non-hydrogen) atoms. The van der Waals surface area contributed by atoms with Gasteiger partial charge < -0.3 is 4.74 Å². The number of methoxy groups -OCH3 is 1. The van der Waals surface area contributed by atoms with E-state index in [4.69, 9.17) is 16.3 Å². The molecule has 1 aromatic heterocycles.